The zero-order chi connectivity index (χ0) is 14.8. The minimum atomic E-state index is -3.49. The second-order valence-corrected chi connectivity index (χ2v) is 7.50. The second-order valence-electron chi connectivity index (χ2n) is 5.54. The van der Waals surface area contributed by atoms with E-state index in [4.69, 9.17) is 0 Å². The van der Waals surface area contributed by atoms with Gasteiger partial charge in [-0.15, -0.1) is 0 Å². The normalized spacial score (nSPS) is 23.8. The van der Waals surface area contributed by atoms with Gasteiger partial charge >= 0.3 is 0 Å². The molecule has 0 unspecified atom stereocenters. The molecule has 1 aromatic heterocycles. The lowest BCUT2D eigenvalue weighted by molar-refractivity contribution is 0.246. The Morgan fingerprint density at radius 1 is 1.30 bits per heavy atom. The molecule has 0 bridgehead atoms. The Balaban J connectivity index is 2.25. The van der Waals surface area contributed by atoms with Crippen LogP contribution in [0.2, 0.25) is 0 Å². The van der Waals surface area contributed by atoms with Gasteiger partial charge in [-0.25, -0.2) is 13.4 Å². The summed E-state index contributed by atoms with van der Waals surface area (Å²) in [6, 6.07) is 3.36. The van der Waals surface area contributed by atoms with Gasteiger partial charge in [0.25, 0.3) is 0 Å². The monoisotopic (exact) mass is 297 g/mol. The van der Waals surface area contributed by atoms with E-state index in [2.05, 4.69) is 17.2 Å². The topological polar surface area (TPSA) is 62.3 Å². The highest BCUT2D eigenvalue weighted by atomic mass is 32.2. The maximum absolute atomic E-state index is 12.7. The van der Waals surface area contributed by atoms with E-state index >= 15 is 0 Å². The molecule has 1 aliphatic rings. The second kappa shape index (κ2) is 6.10. The van der Waals surface area contributed by atoms with E-state index in [1.54, 1.807) is 32.4 Å². The number of nitrogens with one attached hydrogen (secondary N) is 1. The van der Waals surface area contributed by atoms with Crippen LogP contribution >= 0.6 is 0 Å². The van der Waals surface area contributed by atoms with Crippen LogP contribution in [0.3, 0.4) is 0 Å². The lowest BCUT2D eigenvalue weighted by atomic mass is 9.87. The SMILES string of the molecule is CNc1ncccc1S(=O)(=O)N(C)C1CCC(C)CC1. The van der Waals surface area contributed by atoms with Gasteiger partial charge in [0.2, 0.25) is 10.0 Å². The molecule has 1 saturated carbocycles. The number of rotatable bonds is 4. The molecule has 1 aromatic rings. The fourth-order valence-electron chi connectivity index (χ4n) is 2.74. The van der Waals surface area contributed by atoms with Crippen molar-refractivity contribution in [1.29, 1.82) is 0 Å². The Hall–Kier alpha value is -1.14. The number of hydrogen-bond donors (Lipinski definition) is 1. The maximum Gasteiger partial charge on any atom is 0.246 e. The zero-order valence-electron chi connectivity index (χ0n) is 12.3. The molecular formula is C14H23N3O2S. The van der Waals surface area contributed by atoms with Gasteiger partial charge in [0.15, 0.2) is 0 Å². The third-order valence-electron chi connectivity index (χ3n) is 4.16. The van der Waals surface area contributed by atoms with Gasteiger partial charge in [0, 0.05) is 26.3 Å². The fraction of sp³-hybridized carbons (Fsp3) is 0.643. The van der Waals surface area contributed by atoms with Crippen molar-refractivity contribution in [3.05, 3.63) is 18.3 Å². The van der Waals surface area contributed by atoms with E-state index in [9.17, 15) is 8.42 Å². The smallest absolute Gasteiger partial charge is 0.246 e. The molecule has 112 valence electrons. The van der Waals surface area contributed by atoms with Crippen LogP contribution < -0.4 is 5.32 Å². The molecule has 2 rings (SSSR count). The van der Waals surface area contributed by atoms with Crippen molar-refractivity contribution in [2.75, 3.05) is 19.4 Å². The molecule has 0 aromatic carbocycles. The Bertz CT molecular complexity index is 551. The molecule has 0 saturated heterocycles. The summed E-state index contributed by atoms with van der Waals surface area (Å²) >= 11 is 0. The van der Waals surface area contributed by atoms with E-state index in [-0.39, 0.29) is 10.9 Å². The summed E-state index contributed by atoms with van der Waals surface area (Å²) < 4.78 is 27.0. The molecule has 5 nitrogen and oxygen atoms in total. The van der Waals surface area contributed by atoms with E-state index in [0.29, 0.717) is 11.7 Å². The number of aromatic nitrogens is 1. The van der Waals surface area contributed by atoms with Gasteiger partial charge in [-0.3, -0.25) is 0 Å². The van der Waals surface area contributed by atoms with Crippen molar-refractivity contribution in [2.24, 2.45) is 5.92 Å². The van der Waals surface area contributed by atoms with Crippen molar-refractivity contribution < 1.29 is 8.42 Å². The largest absolute Gasteiger partial charge is 0.372 e. The average molecular weight is 297 g/mol. The summed E-state index contributed by atoms with van der Waals surface area (Å²) in [5.74, 6) is 1.11. The number of pyridine rings is 1. The zero-order valence-corrected chi connectivity index (χ0v) is 13.2. The van der Waals surface area contributed by atoms with Crippen molar-refractivity contribution in [1.82, 2.24) is 9.29 Å². The molecule has 0 atom stereocenters. The molecule has 1 aliphatic carbocycles. The average Bonchev–Trinajstić information content (AvgIpc) is 2.47. The van der Waals surface area contributed by atoms with E-state index < -0.39 is 10.0 Å². The Kier molecular flexibility index (Phi) is 4.65. The highest BCUT2D eigenvalue weighted by Crippen LogP contribution is 2.30. The summed E-state index contributed by atoms with van der Waals surface area (Å²) in [5, 5.41) is 2.85. The maximum atomic E-state index is 12.7. The molecule has 1 N–H and O–H groups in total. The summed E-state index contributed by atoms with van der Waals surface area (Å²) in [5.41, 5.74) is 0. The molecule has 1 heterocycles. The van der Waals surface area contributed by atoms with Gasteiger partial charge in [0.05, 0.1) is 0 Å². The minimum absolute atomic E-state index is 0.0983. The highest BCUT2D eigenvalue weighted by molar-refractivity contribution is 7.89. The van der Waals surface area contributed by atoms with Crippen LogP contribution in [0.25, 0.3) is 0 Å². The molecule has 0 aliphatic heterocycles. The quantitative estimate of drug-likeness (QED) is 0.926. The van der Waals surface area contributed by atoms with E-state index in [1.807, 2.05) is 0 Å². The Labute approximate surface area is 121 Å². The van der Waals surface area contributed by atoms with Gasteiger partial charge in [-0.2, -0.15) is 4.31 Å². The molecule has 1 fully saturated rings. The molecule has 0 amide bonds. The first-order chi connectivity index (χ1) is 9.46. The predicted molar refractivity (Wildman–Crippen MR) is 80.2 cm³/mol. The predicted octanol–water partition coefficient (Wildman–Crippen LogP) is 2.32. The Morgan fingerprint density at radius 3 is 2.55 bits per heavy atom. The van der Waals surface area contributed by atoms with Crippen molar-refractivity contribution in [2.45, 2.75) is 43.5 Å². The lowest BCUT2D eigenvalue weighted by Crippen LogP contribution is -2.39. The van der Waals surface area contributed by atoms with Crippen molar-refractivity contribution in [3.8, 4) is 0 Å². The summed E-state index contributed by atoms with van der Waals surface area (Å²) in [4.78, 5) is 4.34. The van der Waals surface area contributed by atoms with E-state index in [1.165, 1.54) is 4.31 Å². The number of anilines is 1. The molecule has 0 spiro atoms. The summed E-state index contributed by atoms with van der Waals surface area (Å²) in [6.45, 7) is 2.23. The van der Waals surface area contributed by atoms with Gasteiger partial charge in [-0.05, 0) is 43.7 Å². The minimum Gasteiger partial charge on any atom is -0.372 e. The van der Waals surface area contributed by atoms with Crippen LogP contribution in [0.4, 0.5) is 5.82 Å². The first kappa shape index (κ1) is 15.3. The molecule has 0 radical (unpaired) electrons. The van der Waals surface area contributed by atoms with Crippen LogP contribution in [-0.2, 0) is 10.0 Å². The summed E-state index contributed by atoms with van der Waals surface area (Å²) in [6.07, 6.45) is 5.65. The van der Waals surface area contributed by atoms with Gasteiger partial charge in [0.1, 0.15) is 10.7 Å². The van der Waals surface area contributed by atoms with Crippen molar-refractivity contribution in [3.63, 3.8) is 0 Å². The van der Waals surface area contributed by atoms with Gasteiger partial charge < -0.3 is 5.32 Å². The Morgan fingerprint density at radius 2 is 1.95 bits per heavy atom. The van der Waals surface area contributed by atoms with E-state index in [0.717, 1.165) is 25.7 Å². The first-order valence-electron chi connectivity index (χ1n) is 7.07. The van der Waals surface area contributed by atoms with Gasteiger partial charge in [-0.1, -0.05) is 6.92 Å². The standard InChI is InChI=1S/C14H23N3O2S/c1-11-6-8-12(9-7-11)17(3)20(18,19)13-5-4-10-16-14(13)15-2/h4-5,10-12H,6-9H2,1-3H3,(H,15,16). The van der Waals surface area contributed by atoms with Crippen LogP contribution in [0.1, 0.15) is 32.6 Å². The van der Waals surface area contributed by atoms with Crippen LogP contribution in [-0.4, -0.2) is 37.8 Å². The number of nitrogens with zero attached hydrogens (tertiary/aromatic N) is 2. The molecule has 20 heavy (non-hydrogen) atoms. The number of sulfonamides is 1. The van der Waals surface area contributed by atoms with Crippen LogP contribution in [0.15, 0.2) is 23.2 Å². The molecule has 6 heteroatoms. The lowest BCUT2D eigenvalue weighted by Gasteiger charge is -2.33. The highest BCUT2D eigenvalue weighted by Gasteiger charge is 2.32. The molecular weight excluding hydrogens is 274 g/mol. The van der Waals surface area contributed by atoms with Crippen LogP contribution in [0, 0.1) is 5.92 Å². The first-order valence-corrected chi connectivity index (χ1v) is 8.51. The summed E-state index contributed by atoms with van der Waals surface area (Å²) in [7, 11) is -0.123. The fourth-order valence-corrected chi connectivity index (χ4v) is 4.31. The third-order valence-corrected chi connectivity index (χ3v) is 6.11. The number of hydrogen-bond acceptors (Lipinski definition) is 4. The van der Waals surface area contributed by atoms with Crippen LogP contribution in [0.5, 0.6) is 0 Å². The third kappa shape index (κ3) is 2.96. The van der Waals surface area contributed by atoms with Crippen molar-refractivity contribution >= 4 is 15.8 Å².